The Morgan fingerprint density at radius 1 is 1.41 bits per heavy atom. The van der Waals surface area contributed by atoms with Crippen LogP contribution in [0, 0.1) is 5.82 Å². The van der Waals surface area contributed by atoms with Crippen molar-refractivity contribution in [2.45, 2.75) is 44.8 Å². The third kappa shape index (κ3) is 3.41. The molecule has 0 saturated heterocycles. The number of benzene rings is 1. The highest BCUT2D eigenvalue weighted by atomic mass is 35.5. The number of nitrogens with one attached hydrogen (secondary N) is 1. The van der Waals surface area contributed by atoms with Gasteiger partial charge in [0, 0.05) is 0 Å². The van der Waals surface area contributed by atoms with Gasteiger partial charge in [-0.05, 0) is 37.5 Å². The molecule has 1 aliphatic carbocycles. The van der Waals surface area contributed by atoms with Gasteiger partial charge < -0.3 is 0 Å². The Morgan fingerprint density at radius 2 is 2.12 bits per heavy atom. The molecule has 4 heteroatoms. The molecule has 0 bridgehead atoms. The summed E-state index contributed by atoms with van der Waals surface area (Å²) in [7, 11) is 0. The van der Waals surface area contributed by atoms with Crippen LogP contribution in [-0.2, 0) is 4.84 Å². The van der Waals surface area contributed by atoms with Crippen molar-refractivity contribution in [2.75, 3.05) is 0 Å². The van der Waals surface area contributed by atoms with E-state index in [0.717, 1.165) is 18.4 Å². The van der Waals surface area contributed by atoms with E-state index in [2.05, 4.69) is 5.48 Å². The number of hydroxylamine groups is 1. The van der Waals surface area contributed by atoms with Crippen LogP contribution in [0.4, 0.5) is 4.39 Å². The largest absolute Gasteiger partial charge is 0.298 e. The lowest BCUT2D eigenvalue weighted by Crippen LogP contribution is -2.24. The predicted molar refractivity (Wildman–Crippen MR) is 66.3 cm³/mol. The van der Waals surface area contributed by atoms with Gasteiger partial charge in [0.1, 0.15) is 5.82 Å². The molecule has 1 aromatic rings. The highest BCUT2D eigenvalue weighted by Crippen LogP contribution is 2.23. The molecule has 0 amide bonds. The zero-order valence-corrected chi connectivity index (χ0v) is 10.6. The van der Waals surface area contributed by atoms with E-state index in [-0.39, 0.29) is 11.1 Å². The normalized spacial score (nSPS) is 18.5. The van der Waals surface area contributed by atoms with Crippen LogP contribution in [0.25, 0.3) is 0 Å². The predicted octanol–water partition coefficient (Wildman–Crippen LogP) is 4.00. The van der Waals surface area contributed by atoms with E-state index in [1.165, 1.54) is 18.9 Å². The molecule has 2 rings (SSSR count). The van der Waals surface area contributed by atoms with E-state index in [4.69, 9.17) is 16.4 Å². The summed E-state index contributed by atoms with van der Waals surface area (Å²) < 4.78 is 13.3. The second-order valence-corrected chi connectivity index (χ2v) is 4.94. The first kappa shape index (κ1) is 12.8. The molecule has 0 heterocycles. The smallest absolute Gasteiger partial charge is 0.142 e. The van der Waals surface area contributed by atoms with Crippen LogP contribution in [0.5, 0.6) is 0 Å². The molecule has 0 radical (unpaired) electrons. The molecule has 1 unspecified atom stereocenters. The first-order valence-corrected chi connectivity index (χ1v) is 6.40. The van der Waals surface area contributed by atoms with Crippen molar-refractivity contribution in [3.63, 3.8) is 0 Å². The van der Waals surface area contributed by atoms with Crippen LogP contribution in [-0.4, -0.2) is 6.10 Å². The molecule has 2 nitrogen and oxygen atoms in total. The molecule has 1 N–H and O–H groups in total. The summed E-state index contributed by atoms with van der Waals surface area (Å²) in [6.45, 7) is 1.94. The average Bonchev–Trinajstić information content (AvgIpc) is 2.82. The Kier molecular flexibility index (Phi) is 4.37. The van der Waals surface area contributed by atoms with Crippen LogP contribution in [0.2, 0.25) is 5.02 Å². The zero-order chi connectivity index (χ0) is 12.3. The van der Waals surface area contributed by atoms with E-state index in [1.807, 2.05) is 6.92 Å². The number of rotatable bonds is 4. The van der Waals surface area contributed by atoms with E-state index in [0.29, 0.717) is 6.10 Å². The zero-order valence-electron chi connectivity index (χ0n) is 9.88. The van der Waals surface area contributed by atoms with Crippen LogP contribution >= 0.6 is 11.6 Å². The molecule has 94 valence electrons. The summed E-state index contributed by atoms with van der Waals surface area (Å²) in [6.07, 6.45) is 4.98. The third-order valence-electron chi connectivity index (χ3n) is 3.16. The molecular weight excluding hydrogens is 241 g/mol. The monoisotopic (exact) mass is 257 g/mol. The lowest BCUT2D eigenvalue weighted by atomic mass is 10.1. The van der Waals surface area contributed by atoms with E-state index < -0.39 is 5.82 Å². The molecule has 0 spiro atoms. The minimum absolute atomic E-state index is 0.0395. The summed E-state index contributed by atoms with van der Waals surface area (Å²) in [6, 6.07) is 4.78. The first-order chi connectivity index (χ1) is 8.16. The van der Waals surface area contributed by atoms with Gasteiger partial charge in [0.15, 0.2) is 0 Å². The second-order valence-electron chi connectivity index (χ2n) is 4.54. The summed E-state index contributed by atoms with van der Waals surface area (Å²) in [4.78, 5) is 5.58. The Labute approximate surface area is 106 Å². The molecule has 1 aliphatic rings. The first-order valence-electron chi connectivity index (χ1n) is 6.03. The lowest BCUT2D eigenvalue weighted by Gasteiger charge is -2.18. The van der Waals surface area contributed by atoms with Gasteiger partial charge in [-0.3, -0.25) is 4.84 Å². The number of halogens is 2. The SMILES string of the molecule is CC(NOC1CCCC1)c1ccc(Cl)c(F)c1. The van der Waals surface area contributed by atoms with Gasteiger partial charge in [-0.2, -0.15) is 5.48 Å². The molecule has 0 aliphatic heterocycles. The van der Waals surface area contributed by atoms with Gasteiger partial charge in [0.25, 0.3) is 0 Å². The topological polar surface area (TPSA) is 21.3 Å². The van der Waals surface area contributed by atoms with Crippen LogP contribution in [0.1, 0.15) is 44.2 Å². The second kappa shape index (κ2) is 5.80. The van der Waals surface area contributed by atoms with Gasteiger partial charge >= 0.3 is 0 Å². The maximum Gasteiger partial charge on any atom is 0.142 e. The molecule has 17 heavy (non-hydrogen) atoms. The number of hydrogen-bond acceptors (Lipinski definition) is 2. The van der Waals surface area contributed by atoms with Crippen LogP contribution in [0.15, 0.2) is 18.2 Å². The molecule has 1 fully saturated rings. The van der Waals surface area contributed by atoms with Crippen LogP contribution < -0.4 is 5.48 Å². The van der Waals surface area contributed by atoms with Gasteiger partial charge in [-0.1, -0.05) is 30.5 Å². The van der Waals surface area contributed by atoms with Crippen molar-refractivity contribution < 1.29 is 9.23 Å². The number of hydrogen-bond donors (Lipinski definition) is 1. The van der Waals surface area contributed by atoms with Gasteiger partial charge in [0.05, 0.1) is 17.2 Å². The Morgan fingerprint density at radius 3 is 2.76 bits per heavy atom. The Hall–Kier alpha value is -0.640. The third-order valence-corrected chi connectivity index (χ3v) is 3.46. The fraction of sp³-hybridized carbons (Fsp3) is 0.538. The molecule has 1 atom stereocenters. The molecule has 0 aromatic heterocycles. The maximum atomic E-state index is 13.3. The van der Waals surface area contributed by atoms with Crippen molar-refractivity contribution in [3.05, 3.63) is 34.6 Å². The minimum Gasteiger partial charge on any atom is -0.298 e. The summed E-state index contributed by atoms with van der Waals surface area (Å²) in [5.41, 5.74) is 3.82. The standard InChI is InChI=1S/C13H17ClFNO/c1-9(16-17-11-4-2-3-5-11)10-6-7-12(14)13(15)8-10/h6-9,11,16H,2-5H2,1H3. The van der Waals surface area contributed by atoms with E-state index >= 15 is 0 Å². The molecule has 1 saturated carbocycles. The van der Waals surface area contributed by atoms with Crippen molar-refractivity contribution in [3.8, 4) is 0 Å². The Balaban J connectivity index is 1.89. The van der Waals surface area contributed by atoms with Crippen molar-refractivity contribution in [2.24, 2.45) is 0 Å². The van der Waals surface area contributed by atoms with E-state index in [1.54, 1.807) is 12.1 Å². The fourth-order valence-electron chi connectivity index (χ4n) is 2.05. The maximum absolute atomic E-state index is 13.3. The Bertz CT molecular complexity index is 380. The lowest BCUT2D eigenvalue weighted by molar-refractivity contribution is -0.0377. The van der Waals surface area contributed by atoms with Crippen LogP contribution in [0.3, 0.4) is 0 Å². The van der Waals surface area contributed by atoms with E-state index in [9.17, 15) is 4.39 Å². The fourth-order valence-corrected chi connectivity index (χ4v) is 2.17. The molecular formula is C13H17ClFNO. The highest BCUT2D eigenvalue weighted by Gasteiger charge is 2.17. The summed E-state index contributed by atoms with van der Waals surface area (Å²) in [5.74, 6) is -0.390. The van der Waals surface area contributed by atoms with Gasteiger partial charge in [-0.15, -0.1) is 0 Å². The summed E-state index contributed by atoms with van der Waals surface area (Å²) >= 11 is 5.64. The van der Waals surface area contributed by atoms with Gasteiger partial charge in [0.2, 0.25) is 0 Å². The van der Waals surface area contributed by atoms with Gasteiger partial charge in [-0.25, -0.2) is 4.39 Å². The average molecular weight is 258 g/mol. The molecule has 1 aromatic carbocycles. The highest BCUT2D eigenvalue weighted by molar-refractivity contribution is 6.30. The quantitative estimate of drug-likeness (QED) is 0.823. The van der Waals surface area contributed by atoms with Crippen molar-refractivity contribution >= 4 is 11.6 Å². The minimum atomic E-state index is -0.390. The van der Waals surface area contributed by atoms with Crippen molar-refractivity contribution in [1.29, 1.82) is 0 Å². The van der Waals surface area contributed by atoms with Crippen molar-refractivity contribution in [1.82, 2.24) is 5.48 Å². The summed E-state index contributed by atoms with van der Waals surface area (Å²) in [5, 5.41) is 0.151.